The Balaban J connectivity index is 1.49. The van der Waals surface area contributed by atoms with Crippen LogP contribution in [-0.2, 0) is 16.1 Å². The molecule has 0 bridgehead atoms. The van der Waals surface area contributed by atoms with Crippen molar-refractivity contribution in [3.63, 3.8) is 0 Å². The topological polar surface area (TPSA) is 78.4 Å². The molecule has 6 heteroatoms. The van der Waals surface area contributed by atoms with E-state index in [1.807, 2.05) is 42.5 Å². The fraction of sp³-hybridized carbons (Fsp3) is 0.400. The van der Waals surface area contributed by atoms with E-state index < -0.39 is 17.9 Å². The van der Waals surface area contributed by atoms with E-state index in [4.69, 9.17) is 0 Å². The van der Waals surface area contributed by atoms with Crippen molar-refractivity contribution in [2.75, 3.05) is 0 Å². The Morgan fingerprint density at radius 3 is 2.50 bits per heavy atom. The fourth-order valence-corrected chi connectivity index (χ4v) is 4.15. The highest BCUT2D eigenvalue weighted by Crippen LogP contribution is 2.28. The average molecular weight is 372 g/mol. The van der Waals surface area contributed by atoms with E-state index in [1.54, 1.807) is 0 Å². The number of carbonyl (C=O) groups is 2. The summed E-state index contributed by atoms with van der Waals surface area (Å²) in [6.07, 6.45) is 4.63. The number of benzene rings is 1. The van der Waals surface area contributed by atoms with Crippen LogP contribution in [-0.4, -0.2) is 23.0 Å². The monoisotopic (exact) mass is 372 g/mol. The minimum Gasteiger partial charge on any atom is -0.383 e. The molecule has 1 aliphatic carbocycles. The number of hydrogen-bond donors (Lipinski definition) is 3. The van der Waals surface area contributed by atoms with E-state index in [0.717, 1.165) is 41.0 Å². The van der Waals surface area contributed by atoms with Crippen LogP contribution in [0, 0.1) is 0 Å². The normalized spacial score (nSPS) is 16.0. The van der Waals surface area contributed by atoms with Crippen molar-refractivity contribution in [2.24, 2.45) is 0 Å². The largest absolute Gasteiger partial charge is 0.383 e. The van der Waals surface area contributed by atoms with Crippen molar-refractivity contribution in [3.8, 4) is 0 Å². The standard InChI is InChI=1S/C20H24N2O3S/c23-18(14-7-3-1-4-8-14)17-12-11-16(26-17)13-21-19(24)20(25)22-15-9-5-2-6-10-15/h1,3-4,7-8,11-12,15,18,23H,2,5-6,9-10,13H2,(H,21,24)(H,22,25). The Bertz CT molecular complexity index is 739. The highest BCUT2D eigenvalue weighted by molar-refractivity contribution is 7.12. The molecule has 2 aromatic rings. The van der Waals surface area contributed by atoms with Gasteiger partial charge in [-0.05, 0) is 30.5 Å². The molecule has 2 amide bonds. The van der Waals surface area contributed by atoms with Crippen molar-refractivity contribution in [2.45, 2.75) is 50.8 Å². The van der Waals surface area contributed by atoms with Crippen molar-refractivity contribution in [1.82, 2.24) is 10.6 Å². The van der Waals surface area contributed by atoms with Gasteiger partial charge in [-0.1, -0.05) is 49.6 Å². The minimum atomic E-state index is -0.680. The summed E-state index contributed by atoms with van der Waals surface area (Å²) in [6.45, 7) is 0.281. The third-order valence-electron chi connectivity index (χ3n) is 4.64. The van der Waals surface area contributed by atoms with Gasteiger partial charge in [0.1, 0.15) is 6.10 Å². The van der Waals surface area contributed by atoms with Crippen molar-refractivity contribution in [1.29, 1.82) is 0 Å². The number of hydrogen-bond acceptors (Lipinski definition) is 4. The SMILES string of the molecule is O=C(NCc1ccc(C(O)c2ccccc2)s1)C(=O)NC1CCCCC1. The second-order valence-electron chi connectivity index (χ2n) is 6.61. The van der Waals surface area contributed by atoms with E-state index >= 15 is 0 Å². The lowest BCUT2D eigenvalue weighted by atomic mass is 9.95. The maximum atomic E-state index is 12.0. The van der Waals surface area contributed by atoms with Gasteiger partial charge in [0.25, 0.3) is 0 Å². The quantitative estimate of drug-likeness (QED) is 0.706. The predicted octanol–water partition coefficient (Wildman–Crippen LogP) is 2.89. The molecule has 138 valence electrons. The van der Waals surface area contributed by atoms with Crippen LogP contribution in [0.2, 0.25) is 0 Å². The molecule has 0 aliphatic heterocycles. The lowest BCUT2D eigenvalue weighted by Crippen LogP contribution is -2.44. The van der Waals surface area contributed by atoms with Gasteiger partial charge in [0.05, 0.1) is 6.54 Å². The summed E-state index contributed by atoms with van der Waals surface area (Å²) < 4.78 is 0. The van der Waals surface area contributed by atoms with E-state index in [1.165, 1.54) is 17.8 Å². The van der Waals surface area contributed by atoms with Gasteiger partial charge in [0.2, 0.25) is 0 Å². The first-order valence-electron chi connectivity index (χ1n) is 9.04. The molecule has 1 heterocycles. The zero-order valence-corrected chi connectivity index (χ0v) is 15.4. The van der Waals surface area contributed by atoms with Gasteiger partial charge in [-0.3, -0.25) is 9.59 Å². The first-order chi connectivity index (χ1) is 12.6. The van der Waals surface area contributed by atoms with Crippen LogP contribution in [0.1, 0.15) is 53.5 Å². The molecule has 1 aromatic heterocycles. The average Bonchev–Trinajstić information content (AvgIpc) is 3.16. The zero-order valence-electron chi connectivity index (χ0n) is 14.6. The van der Waals surface area contributed by atoms with Crippen molar-refractivity contribution in [3.05, 3.63) is 57.8 Å². The summed E-state index contributed by atoms with van der Waals surface area (Å²) in [7, 11) is 0. The number of nitrogens with one attached hydrogen (secondary N) is 2. The third kappa shape index (κ3) is 4.93. The van der Waals surface area contributed by atoms with Crippen LogP contribution in [0.15, 0.2) is 42.5 Å². The van der Waals surface area contributed by atoms with Crippen LogP contribution < -0.4 is 10.6 Å². The number of aliphatic hydroxyl groups is 1. The van der Waals surface area contributed by atoms with E-state index in [-0.39, 0.29) is 12.6 Å². The second-order valence-corrected chi connectivity index (χ2v) is 7.81. The van der Waals surface area contributed by atoms with Crippen LogP contribution >= 0.6 is 11.3 Å². The summed E-state index contributed by atoms with van der Waals surface area (Å²) in [5.41, 5.74) is 0.830. The molecule has 1 aliphatic rings. The second kappa shape index (κ2) is 8.96. The Morgan fingerprint density at radius 1 is 1.04 bits per heavy atom. The molecular weight excluding hydrogens is 348 g/mol. The molecule has 26 heavy (non-hydrogen) atoms. The molecule has 1 saturated carbocycles. The zero-order chi connectivity index (χ0) is 18.4. The lowest BCUT2D eigenvalue weighted by molar-refractivity contribution is -0.139. The number of aliphatic hydroxyl groups excluding tert-OH is 1. The summed E-state index contributed by atoms with van der Waals surface area (Å²) in [5, 5.41) is 15.9. The number of thiophene rings is 1. The highest BCUT2D eigenvalue weighted by Gasteiger charge is 2.20. The molecule has 3 N–H and O–H groups in total. The molecular formula is C20H24N2O3S. The van der Waals surface area contributed by atoms with Gasteiger partial charge in [-0.25, -0.2) is 0 Å². The molecule has 0 radical (unpaired) electrons. The van der Waals surface area contributed by atoms with Crippen LogP contribution in [0.4, 0.5) is 0 Å². The van der Waals surface area contributed by atoms with Crippen molar-refractivity contribution < 1.29 is 14.7 Å². The van der Waals surface area contributed by atoms with E-state index in [2.05, 4.69) is 10.6 Å². The Labute approximate surface area is 157 Å². The third-order valence-corrected chi connectivity index (χ3v) is 5.77. The molecule has 1 atom stereocenters. The first-order valence-corrected chi connectivity index (χ1v) is 9.85. The maximum Gasteiger partial charge on any atom is 0.309 e. The fourth-order valence-electron chi connectivity index (χ4n) is 3.18. The molecule has 5 nitrogen and oxygen atoms in total. The van der Waals surface area contributed by atoms with Gasteiger partial charge < -0.3 is 15.7 Å². The van der Waals surface area contributed by atoms with Crippen LogP contribution in [0.25, 0.3) is 0 Å². The molecule has 1 fully saturated rings. The van der Waals surface area contributed by atoms with Gasteiger partial charge in [-0.15, -0.1) is 11.3 Å². The van der Waals surface area contributed by atoms with Gasteiger partial charge in [-0.2, -0.15) is 0 Å². The van der Waals surface area contributed by atoms with Gasteiger partial charge in [0.15, 0.2) is 0 Å². The smallest absolute Gasteiger partial charge is 0.309 e. The van der Waals surface area contributed by atoms with E-state index in [9.17, 15) is 14.7 Å². The minimum absolute atomic E-state index is 0.122. The number of carbonyl (C=O) groups excluding carboxylic acids is 2. The Morgan fingerprint density at radius 2 is 1.77 bits per heavy atom. The summed E-state index contributed by atoms with van der Waals surface area (Å²) in [4.78, 5) is 25.7. The van der Waals surface area contributed by atoms with Gasteiger partial charge in [0, 0.05) is 15.8 Å². The Kier molecular flexibility index (Phi) is 6.41. The lowest BCUT2D eigenvalue weighted by Gasteiger charge is -2.22. The highest BCUT2D eigenvalue weighted by atomic mass is 32.1. The molecule has 1 aromatic carbocycles. The van der Waals surface area contributed by atoms with Crippen molar-refractivity contribution >= 4 is 23.2 Å². The molecule has 3 rings (SSSR count). The number of amides is 2. The van der Waals surface area contributed by atoms with E-state index in [0.29, 0.717) is 0 Å². The van der Waals surface area contributed by atoms with Crippen LogP contribution in [0.3, 0.4) is 0 Å². The van der Waals surface area contributed by atoms with Crippen LogP contribution in [0.5, 0.6) is 0 Å². The molecule has 0 saturated heterocycles. The maximum absolute atomic E-state index is 12.0. The number of rotatable bonds is 5. The predicted molar refractivity (Wildman–Crippen MR) is 102 cm³/mol. The first kappa shape index (κ1) is 18.6. The molecule has 1 unspecified atom stereocenters. The Hall–Kier alpha value is -2.18. The van der Waals surface area contributed by atoms with Gasteiger partial charge >= 0.3 is 11.8 Å². The molecule has 0 spiro atoms. The summed E-state index contributed by atoms with van der Waals surface area (Å²) >= 11 is 1.43. The summed E-state index contributed by atoms with van der Waals surface area (Å²) in [5.74, 6) is -1.16. The summed E-state index contributed by atoms with van der Waals surface area (Å²) in [6, 6.07) is 13.3.